The molecule has 2 heteroatoms. The molecule has 0 unspecified atom stereocenters. The molecule has 0 aliphatic rings. The van der Waals surface area contributed by atoms with Gasteiger partial charge in [0.1, 0.15) is 5.69 Å². The van der Waals surface area contributed by atoms with Gasteiger partial charge in [-0.2, -0.15) is 0 Å². The minimum absolute atomic E-state index is 0.943. The zero-order valence-corrected chi connectivity index (χ0v) is 9.70. The molecule has 0 aromatic heterocycles. The Morgan fingerprint density at radius 1 is 1.07 bits per heavy atom. The van der Waals surface area contributed by atoms with Crippen molar-refractivity contribution in [2.24, 2.45) is 0 Å². The summed E-state index contributed by atoms with van der Waals surface area (Å²) in [6.07, 6.45) is 0. The Kier molecular flexibility index (Phi) is 3.67. The number of likely N-dealkylation sites (N-methyl/N-ethyl adjacent to an activating group) is 2. The minimum Gasteiger partial charge on any atom is -0.304 e. The van der Waals surface area contributed by atoms with E-state index in [1.54, 1.807) is 0 Å². The van der Waals surface area contributed by atoms with Crippen molar-refractivity contribution in [1.82, 2.24) is 9.38 Å². The second-order valence-electron chi connectivity index (χ2n) is 4.55. The van der Waals surface area contributed by atoms with Gasteiger partial charge in [0.25, 0.3) is 0 Å². The predicted molar refractivity (Wildman–Crippen MR) is 63.5 cm³/mol. The molecule has 1 rings (SSSR count). The number of hydrogen-bond donors (Lipinski definition) is 0. The molecule has 78 valence electrons. The topological polar surface area (TPSA) is 3.24 Å². The van der Waals surface area contributed by atoms with Crippen molar-refractivity contribution in [3.63, 3.8) is 0 Å². The van der Waals surface area contributed by atoms with Crippen molar-refractivity contribution < 1.29 is 0 Å². The van der Waals surface area contributed by atoms with Gasteiger partial charge < -0.3 is 4.90 Å². The summed E-state index contributed by atoms with van der Waals surface area (Å²) in [6, 6.07) is 10.6. The summed E-state index contributed by atoms with van der Waals surface area (Å²) >= 11 is 0. The van der Waals surface area contributed by atoms with Gasteiger partial charge in [-0.1, -0.05) is 18.2 Å². The quantitative estimate of drug-likeness (QED) is 0.659. The molecule has 0 atom stereocenters. The van der Waals surface area contributed by atoms with Crippen LogP contribution < -0.4 is 4.48 Å². The number of para-hydroxylation sites is 1. The van der Waals surface area contributed by atoms with Crippen LogP contribution in [0.2, 0.25) is 0 Å². The molecule has 0 fully saturated rings. The molecule has 0 N–H and O–H groups in total. The lowest BCUT2D eigenvalue weighted by atomic mass is 10.2. The smallest absolute Gasteiger partial charge is 0.132 e. The molecule has 0 aliphatic carbocycles. The SMILES string of the molecule is CN(C)CC[N+](C)(C)c1ccccc1. The van der Waals surface area contributed by atoms with Gasteiger partial charge in [0.05, 0.1) is 20.6 Å². The summed E-state index contributed by atoms with van der Waals surface area (Å²) in [7, 11) is 8.73. The second-order valence-corrected chi connectivity index (χ2v) is 4.55. The van der Waals surface area contributed by atoms with Gasteiger partial charge in [-0.3, -0.25) is 4.48 Å². The van der Waals surface area contributed by atoms with Crippen LogP contribution in [-0.4, -0.2) is 46.2 Å². The fourth-order valence-electron chi connectivity index (χ4n) is 1.41. The highest BCUT2D eigenvalue weighted by atomic mass is 15.3. The maximum Gasteiger partial charge on any atom is 0.132 e. The maximum absolute atomic E-state index is 2.25. The molecule has 1 aromatic carbocycles. The molecule has 0 amide bonds. The van der Waals surface area contributed by atoms with E-state index in [-0.39, 0.29) is 0 Å². The monoisotopic (exact) mass is 193 g/mol. The molecule has 0 heterocycles. The molecule has 2 nitrogen and oxygen atoms in total. The third kappa shape index (κ3) is 3.13. The fourth-order valence-corrected chi connectivity index (χ4v) is 1.41. The third-order valence-electron chi connectivity index (χ3n) is 2.56. The van der Waals surface area contributed by atoms with Crippen LogP contribution in [0.25, 0.3) is 0 Å². The number of quaternary nitrogens is 1. The average molecular weight is 193 g/mol. The Balaban J connectivity index is 2.66. The summed E-state index contributed by atoms with van der Waals surface area (Å²) in [5.41, 5.74) is 1.37. The fraction of sp³-hybridized carbons (Fsp3) is 0.500. The van der Waals surface area contributed by atoms with E-state index >= 15 is 0 Å². The molecule has 0 aliphatic heterocycles. The lowest BCUT2D eigenvalue weighted by molar-refractivity contribution is 0.318. The summed E-state index contributed by atoms with van der Waals surface area (Å²) in [6.45, 7) is 2.25. The van der Waals surface area contributed by atoms with Gasteiger partial charge in [-0.15, -0.1) is 0 Å². The first kappa shape index (κ1) is 11.2. The van der Waals surface area contributed by atoms with E-state index < -0.39 is 0 Å². The zero-order valence-electron chi connectivity index (χ0n) is 9.70. The van der Waals surface area contributed by atoms with Crippen molar-refractivity contribution in [1.29, 1.82) is 0 Å². The largest absolute Gasteiger partial charge is 0.304 e. The molecular weight excluding hydrogens is 172 g/mol. The van der Waals surface area contributed by atoms with Crippen LogP contribution in [0.1, 0.15) is 0 Å². The van der Waals surface area contributed by atoms with E-state index in [1.807, 2.05) is 0 Å². The Bertz CT molecular complexity index is 265. The standard InChI is InChI=1S/C12H21N2/c1-13(2)10-11-14(3,4)12-8-6-5-7-9-12/h5-9H,10-11H2,1-4H3/q+1. The van der Waals surface area contributed by atoms with E-state index in [4.69, 9.17) is 0 Å². The van der Waals surface area contributed by atoms with Crippen LogP contribution >= 0.6 is 0 Å². The Morgan fingerprint density at radius 3 is 2.14 bits per heavy atom. The van der Waals surface area contributed by atoms with Crippen LogP contribution in [0.5, 0.6) is 0 Å². The van der Waals surface area contributed by atoms with Crippen LogP contribution in [0.15, 0.2) is 30.3 Å². The maximum atomic E-state index is 2.25. The van der Waals surface area contributed by atoms with E-state index in [9.17, 15) is 0 Å². The zero-order chi connectivity index (χ0) is 10.6. The summed E-state index contributed by atoms with van der Waals surface area (Å²) in [5, 5.41) is 0. The van der Waals surface area contributed by atoms with Crippen LogP contribution in [0, 0.1) is 0 Å². The average Bonchev–Trinajstić information content (AvgIpc) is 2.16. The molecule has 0 saturated carbocycles. The van der Waals surface area contributed by atoms with Gasteiger partial charge in [0.15, 0.2) is 0 Å². The van der Waals surface area contributed by atoms with Gasteiger partial charge in [-0.05, 0) is 26.2 Å². The molecule has 0 radical (unpaired) electrons. The highest BCUT2D eigenvalue weighted by molar-refractivity contribution is 5.40. The lowest BCUT2D eigenvalue weighted by Gasteiger charge is -2.30. The van der Waals surface area contributed by atoms with Crippen molar-refractivity contribution in [2.45, 2.75) is 0 Å². The normalized spacial score (nSPS) is 12.1. The van der Waals surface area contributed by atoms with Crippen LogP contribution in [0.4, 0.5) is 5.69 Å². The van der Waals surface area contributed by atoms with Gasteiger partial charge in [0.2, 0.25) is 0 Å². The number of hydrogen-bond acceptors (Lipinski definition) is 1. The highest BCUT2D eigenvalue weighted by Gasteiger charge is 2.17. The molecular formula is C12H21N2+. The first-order valence-corrected chi connectivity index (χ1v) is 5.06. The van der Waals surface area contributed by atoms with Crippen LogP contribution in [0.3, 0.4) is 0 Å². The Labute approximate surface area is 87.4 Å². The molecule has 0 saturated heterocycles. The lowest BCUT2D eigenvalue weighted by Crippen LogP contribution is -2.45. The van der Waals surface area contributed by atoms with Gasteiger partial charge >= 0.3 is 0 Å². The van der Waals surface area contributed by atoms with E-state index in [2.05, 4.69) is 63.4 Å². The van der Waals surface area contributed by atoms with Crippen molar-refractivity contribution in [3.05, 3.63) is 30.3 Å². The van der Waals surface area contributed by atoms with Crippen molar-refractivity contribution in [2.75, 3.05) is 41.3 Å². The Hall–Kier alpha value is -0.860. The van der Waals surface area contributed by atoms with Gasteiger partial charge in [0, 0.05) is 6.54 Å². The molecule has 1 aromatic rings. The number of benzene rings is 1. The second kappa shape index (κ2) is 4.58. The third-order valence-corrected chi connectivity index (χ3v) is 2.56. The van der Waals surface area contributed by atoms with E-state index in [0.717, 1.165) is 17.6 Å². The van der Waals surface area contributed by atoms with E-state index in [0.29, 0.717) is 0 Å². The predicted octanol–water partition coefficient (Wildman–Crippen LogP) is 1.82. The summed E-state index contributed by atoms with van der Waals surface area (Å²) < 4.78 is 0.943. The van der Waals surface area contributed by atoms with Gasteiger partial charge in [-0.25, -0.2) is 0 Å². The highest BCUT2D eigenvalue weighted by Crippen LogP contribution is 2.17. The molecule has 0 bridgehead atoms. The van der Waals surface area contributed by atoms with Crippen molar-refractivity contribution >= 4 is 5.69 Å². The minimum atomic E-state index is 0.943. The summed E-state index contributed by atoms with van der Waals surface area (Å²) in [5.74, 6) is 0. The number of nitrogens with zero attached hydrogens (tertiary/aromatic N) is 2. The first-order chi connectivity index (χ1) is 6.52. The van der Waals surface area contributed by atoms with Crippen molar-refractivity contribution in [3.8, 4) is 0 Å². The Morgan fingerprint density at radius 2 is 1.64 bits per heavy atom. The van der Waals surface area contributed by atoms with Crippen LogP contribution in [-0.2, 0) is 0 Å². The molecule has 0 spiro atoms. The number of rotatable bonds is 4. The van der Waals surface area contributed by atoms with E-state index in [1.165, 1.54) is 5.69 Å². The summed E-state index contributed by atoms with van der Waals surface area (Å²) in [4.78, 5) is 2.23. The first-order valence-electron chi connectivity index (χ1n) is 5.06. The molecule has 14 heavy (non-hydrogen) atoms.